The van der Waals surface area contributed by atoms with E-state index < -0.39 is 0 Å². The number of hydrogen-bond donors (Lipinski definition) is 0. The number of benzene rings is 1. The summed E-state index contributed by atoms with van der Waals surface area (Å²) in [4.78, 5) is 40.4. The third-order valence-electron chi connectivity index (χ3n) is 5.63. The van der Waals surface area contributed by atoms with Gasteiger partial charge < -0.3 is 19.0 Å². The fourth-order valence-electron chi connectivity index (χ4n) is 3.93. The zero-order valence-electron chi connectivity index (χ0n) is 16.8. The topological polar surface area (TPSA) is 80.1 Å². The molecule has 4 rings (SSSR count). The second kappa shape index (κ2) is 8.95. The fourth-order valence-corrected chi connectivity index (χ4v) is 5.12. The summed E-state index contributed by atoms with van der Waals surface area (Å²) in [5.41, 5.74) is 1.60. The van der Waals surface area contributed by atoms with Gasteiger partial charge in [0.2, 0.25) is 5.91 Å². The van der Waals surface area contributed by atoms with Gasteiger partial charge >= 0.3 is 5.97 Å². The van der Waals surface area contributed by atoms with E-state index in [1.165, 1.54) is 7.11 Å². The van der Waals surface area contributed by atoms with Crippen LogP contribution in [0.25, 0.3) is 0 Å². The Morgan fingerprint density at radius 1 is 1.17 bits per heavy atom. The van der Waals surface area contributed by atoms with Crippen LogP contribution in [0.15, 0.2) is 47.1 Å². The fraction of sp³-hybridized carbons (Fsp3) is 0.409. The van der Waals surface area contributed by atoms with E-state index in [4.69, 9.17) is 9.15 Å². The summed E-state index contributed by atoms with van der Waals surface area (Å²) in [6.45, 7) is 1.52. The molecular weight excluding hydrogens is 404 g/mol. The monoisotopic (exact) mass is 428 g/mol. The molecule has 2 saturated heterocycles. The Morgan fingerprint density at radius 2 is 1.90 bits per heavy atom. The molecule has 8 heteroatoms. The van der Waals surface area contributed by atoms with Gasteiger partial charge in [-0.05, 0) is 42.7 Å². The summed E-state index contributed by atoms with van der Waals surface area (Å²) in [7, 11) is 1.40. The molecule has 1 aromatic carbocycles. The Hall–Kier alpha value is -2.74. The zero-order valence-corrected chi connectivity index (χ0v) is 17.6. The summed E-state index contributed by atoms with van der Waals surface area (Å²) in [6.07, 6.45) is 2.85. The molecule has 158 valence electrons. The molecule has 0 unspecified atom stereocenters. The highest BCUT2D eigenvalue weighted by molar-refractivity contribution is 8.00. The van der Waals surface area contributed by atoms with Crippen LogP contribution in [0, 0.1) is 5.92 Å². The van der Waals surface area contributed by atoms with E-state index in [-0.39, 0.29) is 29.1 Å². The number of rotatable bonds is 5. The van der Waals surface area contributed by atoms with Gasteiger partial charge in [0.1, 0.15) is 11.1 Å². The van der Waals surface area contributed by atoms with E-state index in [1.54, 1.807) is 27.8 Å². The van der Waals surface area contributed by atoms with Crippen molar-refractivity contribution in [1.82, 2.24) is 9.80 Å². The lowest BCUT2D eigenvalue weighted by Crippen LogP contribution is -2.40. The van der Waals surface area contributed by atoms with Crippen molar-refractivity contribution in [2.75, 3.05) is 26.0 Å². The van der Waals surface area contributed by atoms with Crippen LogP contribution >= 0.6 is 11.8 Å². The molecule has 2 amide bonds. The third kappa shape index (κ3) is 4.23. The van der Waals surface area contributed by atoms with Crippen molar-refractivity contribution in [1.29, 1.82) is 0 Å². The molecule has 2 aliphatic heterocycles. The van der Waals surface area contributed by atoms with Gasteiger partial charge in [-0.3, -0.25) is 14.4 Å². The van der Waals surface area contributed by atoms with Crippen molar-refractivity contribution in [3.05, 3.63) is 59.5 Å². The maximum Gasteiger partial charge on any atom is 0.308 e. The van der Waals surface area contributed by atoms with Crippen LogP contribution in [0.1, 0.15) is 39.9 Å². The summed E-state index contributed by atoms with van der Waals surface area (Å²) in [5.74, 6) is 0.898. The molecular formula is C22H24N2O5S. The molecule has 0 spiro atoms. The number of methoxy groups -OCH3 is 1. The molecule has 0 radical (unpaired) electrons. The van der Waals surface area contributed by atoms with Crippen molar-refractivity contribution in [2.24, 2.45) is 5.92 Å². The van der Waals surface area contributed by atoms with Crippen LogP contribution in [0.2, 0.25) is 0 Å². The molecule has 0 N–H and O–H groups in total. The van der Waals surface area contributed by atoms with Crippen LogP contribution in [0.5, 0.6) is 0 Å². The number of hydrogen-bond acceptors (Lipinski definition) is 6. The Labute approximate surface area is 179 Å². The second-order valence-electron chi connectivity index (χ2n) is 7.48. The van der Waals surface area contributed by atoms with Crippen LogP contribution in [-0.2, 0) is 20.9 Å². The Morgan fingerprint density at radius 3 is 2.53 bits per heavy atom. The minimum absolute atomic E-state index is 0.0348. The van der Waals surface area contributed by atoms with Gasteiger partial charge in [0.25, 0.3) is 5.91 Å². The molecule has 0 aliphatic carbocycles. The molecule has 1 atom stereocenters. The number of ether oxygens (including phenoxy) is 1. The molecule has 2 fully saturated rings. The number of likely N-dealkylation sites (tertiary alicyclic amines) is 1. The Balaban J connectivity index is 1.40. The van der Waals surface area contributed by atoms with Gasteiger partial charge in [0.05, 0.1) is 31.6 Å². The third-order valence-corrected chi connectivity index (χ3v) is 6.89. The van der Waals surface area contributed by atoms with Gasteiger partial charge in [-0.25, -0.2) is 0 Å². The van der Waals surface area contributed by atoms with Crippen molar-refractivity contribution >= 4 is 29.5 Å². The lowest BCUT2D eigenvalue weighted by Gasteiger charge is -2.31. The average Bonchev–Trinajstić information content (AvgIpc) is 3.43. The van der Waals surface area contributed by atoms with Crippen LogP contribution < -0.4 is 0 Å². The Bertz CT molecular complexity index is 904. The molecule has 0 bridgehead atoms. The predicted molar refractivity (Wildman–Crippen MR) is 112 cm³/mol. The summed E-state index contributed by atoms with van der Waals surface area (Å²) in [5, 5.41) is -0.0949. The number of esters is 1. The molecule has 3 heterocycles. The van der Waals surface area contributed by atoms with E-state index in [1.807, 2.05) is 36.4 Å². The molecule has 2 aromatic rings. The number of carbonyl (C=O) groups is 3. The lowest BCUT2D eigenvalue weighted by molar-refractivity contribution is -0.146. The largest absolute Gasteiger partial charge is 0.469 e. The van der Waals surface area contributed by atoms with E-state index >= 15 is 0 Å². The van der Waals surface area contributed by atoms with Crippen LogP contribution in [-0.4, -0.2) is 53.5 Å². The molecule has 0 saturated carbocycles. The first-order valence-electron chi connectivity index (χ1n) is 9.97. The standard InChI is InChI=1S/C22H24N2O5S/c1-28-22(27)17-8-10-23(11-9-17)20(26)15-4-6-16(7-5-15)21-24(19(25)14-30-21)13-18-3-2-12-29-18/h2-7,12,17,21H,8-11,13-14H2,1H3/t21-/m0/s1. The first-order valence-corrected chi connectivity index (χ1v) is 11.0. The SMILES string of the molecule is COC(=O)C1CCN(C(=O)c2ccc([C@@H]3SCC(=O)N3Cc3ccco3)cc2)CC1. The van der Waals surface area contributed by atoms with Gasteiger partial charge in [0.15, 0.2) is 0 Å². The van der Waals surface area contributed by atoms with E-state index in [0.717, 1.165) is 11.3 Å². The van der Waals surface area contributed by atoms with Crippen molar-refractivity contribution in [3.63, 3.8) is 0 Å². The second-order valence-corrected chi connectivity index (χ2v) is 8.54. The first-order chi connectivity index (χ1) is 14.6. The maximum absolute atomic E-state index is 12.8. The van der Waals surface area contributed by atoms with Gasteiger partial charge in [-0.1, -0.05) is 12.1 Å². The van der Waals surface area contributed by atoms with Crippen molar-refractivity contribution < 1.29 is 23.5 Å². The van der Waals surface area contributed by atoms with E-state index in [9.17, 15) is 14.4 Å². The smallest absolute Gasteiger partial charge is 0.308 e. The van der Waals surface area contributed by atoms with Crippen LogP contribution in [0.3, 0.4) is 0 Å². The van der Waals surface area contributed by atoms with Gasteiger partial charge in [0, 0.05) is 18.7 Å². The van der Waals surface area contributed by atoms with Crippen molar-refractivity contribution in [2.45, 2.75) is 24.8 Å². The number of piperidine rings is 1. The summed E-state index contributed by atoms with van der Waals surface area (Å²) < 4.78 is 10.2. The number of nitrogens with zero attached hydrogens (tertiary/aromatic N) is 2. The minimum atomic E-state index is -0.200. The number of thioether (sulfide) groups is 1. The average molecular weight is 429 g/mol. The normalized spacial score (nSPS) is 19.9. The molecule has 2 aliphatic rings. The summed E-state index contributed by atoms with van der Waals surface area (Å²) >= 11 is 1.58. The van der Waals surface area contributed by atoms with Crippen LogP contribution in [0.4, 0.5) is 0 Å². The van der Waals surface area contributed by atoms with E-state index in [0.29, 0.717) is 43.8 Å². The lowest BCUT2D eigenvalue weighted by atomic mass is 9.96. The highest BCUT2D eigenvalue weighted by Crippen LogP contribution is 2.39. The summed E-state index contributed by atoms with van der Waals surface area (Å²) in [6, 6.07) is 11.1. The minimum Gasteiger partial charge on any atom is -0.469 e. The first kappa shape index (κ1) is 20.5. The van der Waals surface area contributed by atoms with E-state index in [2.05, 4.69) is 0 Å². The van der Waals surface area contributed by atoms with Gasteiger partial charge in [-0.2, -0.15) is 0 Å². The maximum atomic E-state index is 12.8. The highest BCUT2D eigenvalue weighted by atomic mass is 32.2. The molecule has 30 heavy (non-hydrogen) atoms. The van der Waals surface area contributed by atoms with Crippen molar-refractivity contribution in [3.8, 4) is 0 Å². The molecule has 1 aromatic heterocycles. The predicted octanol–water partition coefficient (Wildman–Crippen LogP) is 3.08. The number of furan rings is 1. The number of carbonyl (C=O) groups excluding carboxylic acids is 3. The molecule has 7 nitrogen and oxygen atoms in total. The quantitative estimate of drug-likeness (QED) is 0.681. The Kier molecular flexibility index (Phi) is 6.13. The zero-order chi connectivity index (χ0) is 21.1. The number of amides is 2. The van der Waals surface area contributed by atoms with Gasteiger partial charge in [-0.15, -0.1) is 11.8 Å². The highest BCUT2D eigenvalue weighted by Gasteiger charge is 2.34.